The second-order valence-corrected chi connectivity index (χ2v) is 7.81. The van der Waals surface area contributed by atoms with E-state index in [4.69, 9.17) is 4.74 Å². The average molecular weight is 415 g/mol. The summed E-state index contributed by atoms with van der Waals surface area (Å²) in [5.41, 5.74) is 1.84. The number of hydrogen-bond acceptors (Lipinski definition) is 3. The number of rotatable bonds is 10. The van der Waals surface area contributed by atoms with Crippen molar-refractivity contribution in [1.29, 1.82) is 0 Å². The zero-order chi connectivity index (χ0) is 22.1. The van der Waals surface area contributed by atoms with Crippen LogP contribution in [0.4, 0.5) is 4.39 Å². The number of ether oxygens (including phenoxy) is 1. The molecule has 162 valence electrons. The predicted molar refractivity (Wildman–Crippen MR) is 116 cm³/mol. The third-order valence-corrected chi connectivity index (χ3v) is 4.72. The zero-order valence-electron chi connectivity index (χ0n) is 18.2. The molecule has 2 rings (SSSR count). The molecule has 1 N–H and O–H groups in total. The van der Waals surface area contributed by atoms with Crippen molar-refractivity contribution >= 4 is 11.8 Å². The Bertz CT molecular complexity index is 819. The molecular weight excluding hydrogens is 383 g/mol. The maximum absolute atomic E-state index is 13.3. The summed E-state index contributed by atoms with van der Waals surface area (Å²) in [6, 6.07) is 12.7. The van der Waals surface area contributed by atoms with E-state index in [2.05, 4.69) is 5.32 Å². The minimum Gasteiger partial charge on any atom is -0.484 e. The van der Waals surface area contributed by atoms with Crippen LogP contribution < -0.4 is 10.1 Å². The van der Waals surface area contributed by atoms with Crippen LogP contribution >= 0.6 is 0 Å². The molecule has 0 saturated carbocycles. The SMILES string of the molecule is CC[C@H](C(=O)NCC(C)C)N(Cc1ccc(F)cc1)C(=O)COc1ccc(C)cc1. The topological polar surface area (TPSA) is 58.6 Å². The smallest absolute Gasteiger partial charge is 0.261 e. The lowest BCUT2D eigenvalue weighted by atomic mass is 10.1. The second-order valence-electron chi connectivity index (χ2n) is 7.81. The van der Waals surface area contributed by atoms with Crippen LogP contribution in [0, 0.1) is 18.7 Å². The third-order valence-electron chi connectivity index (χ3n) is 4.72. The molecule has 2 amide bonds. The van der Waals surface area contributed by atoms with E-state index in [-0.39, 0.29) is 30.8 Å². The average Bonchev–Trinajstić information content (AvgIpc) is 2.72. The van der Waals surface area contributed by atoms with Crippen molar-refractivity contribution in [3.8, 4) is 5.75 Å². The number of halogens is 1. The Labute approximate surface area is 178 Å². The van der Waals surface area contributed by atoms with Gasteiger partial charge < -0.3 is 15.0 Å². The normalized spacial score (nSPS) is 11.8. The Morgan fingerprint density at radius 3 is 2.27 bits per heavy atom. The molecule has 0 unspecified atom stereocenters. The summed E-state index contributed by atoms with van der Waals surface area (Å²) in [4.78, 5) is 27.3. The van der Waals surface area contributed by atoms with Crippen LogP contribution in [0.2, 0.25) is 0 Å². The van der Waals surface area contributed by atoms with Crippen molar-refractivity contribution in [2.45, 2.75) is 46.7 Å². The first kappa shape index (κ1) is 23.4. The van der Waals surface area contributed by atoms with Crippen LogP contribution in [0.15, 0.2) is 48.5 Å². The second kappa shape index (κ2) is 11.3. The van der Waals surface area contributed by atoms with Crippen molar-refractivity contribution < 1.29 is 18.7 Å². The fourth-order valence-electron chi connectivity index (χ4n) is 2.99. The first-order valence-corrected chi connectivity index (χ1v) is 10.3. The summed E-state index contributed by atoms with van der Waals surface area (Å²) < 4.78 is 18.9. The zero-order valence-corrected chi connectivity index (χ0v) is 18.2. The monoisotopic (exact) mass is 414 g/mol. The Morgan fingerprint density at radius 2 is 1.70 bits per heavy atom. The molecule has 5 nitrogen and oxygen atoms in total. The first-order chi connectivity index (χ1) is 14.3. The Morgan fingerprint density at radius 1 is 1.07 bits per heavy atom. The first-order valence-electron chi connectivity index (χ1n) is 10.3. The van der Waals surface area contributed by atoms with Crippen molar-refractivity contribution in [3.05, 3.63) is 65.5 Å². The van der Waals surface area contributed by atoms with E-state index >= 15 is 0 Å². The molecule has 0 saturated heterocycles. The highest BCUT2D eigenvalue weighted by Gasteiger charge is 2.29. The predicted octanol–water partition coefficient (Wildman–Crippen LogP) is 4.09. The van der Waals surface area contributed by atoms with Gasteiger partial charge in [0.05, 0.1) is 0 Å². The Kier molecular flexibility index (Phi) is 8.84. The number of nitrogens with one attached hydrogen (secondary N) is 1. The van der Waals surface area contributed by atoms with Crippen molar-refractivity contribution in [3.63, 3.8) is 0 Å². The number of carbonyl (C=O) groups is 2. The van der Waals surface area contributed by atoms with Gasteiger partial charge in [0.2, 0.25) is 5.91 Å². The molecule has 0 aliphatic heterocycles. The van der Waals surface area contributed by atoms with Crippen LogP contribution in [0.25, 0.3) is 0 Å². The van der Waals surface area contributed by atoms with Crippen molar-refractivity contribution in [2.24, 2.45) is 5.92 Å². The molecular formula is C24H31FN2O3. The van der Waals surface area contributed by atoms with E-state index in [9.17, 15) is 14.0 Å². The van der Waals surface area contributed by atoms with Gasteiger partial charge >= 0.3 is 0 Å². The molecule has 1 atom stereocenters. The van der Waals surface area contributed by atoms with E-state index in [1.54, 1.807) is 24.3 Å². The minimum absolute atomic E-state index is 0.182. The summed E-state index contributed by atoms with van der Waals surface area (Å²) in [7, 11) is 0. The largest absolute Gasteiger partial charge is 0.484 e. The highest BCUT2D eigenvalue weighted by molar-refractivity contribution is 5.88. The van der Waals surface area contributed by atoms with Gasteiger partial charge in [0, 0.05) is 13.1 Å². The summed E-state index contributed by atoms with van der Waals surface area (Å²) in [5, 5.41) is 2.91. The van der Waals surface area contributed by atoms with Gasteiger partial charge in [-0.2, -0.15) is 0 Å². The third kappa shape index (κ3) is 7.17. The molecule has 30 heavy (non-hydrogen) atoms. The summed E-state index contributed by atoms with van der Waals surface area (Å²) in [6.07, 6.45) is 0.460. The lowest BCUT2D eigenvalue weighted by Crippen LogP contribution is -2.50. The van der Waals surface area contributed by atoms with Crippen LogP contribution in [0.5, 0.6) is 5.75 Å². The molecule has 0 aliphatic rings. The number of amides is 2. The lowest BCUT2D eigenvalue weighted by Gasteiger charge is -2.30. The Hall–Kier alpha value is -2.89. The number of carbonyl (C=O) groups excluding carboxylic acids is 2. The van der Waals surface area contributed by atoms with E-state index < -0.39 is 6.04 Å². The van der Waals surface area contributed by atoms with Gasteiger partial charge in [-0.1, -0.05) is 50.6 Å². The van der Waals surface area contributed by atoms with Crippen LogP contribution in [-0.4, -0.2) is 35.9 Å². The highest BCUT2D eigenvalue weighted by atomic mass is 19.1. The summed E-state index contributed by atoms with van der Waals surface area (Å²) in [5.74, 6) is 0.0510. The molecule has 0 bridgehead atoms. The van der Waals surface area contributed by atoms with Crippen LogP contribution in [0.1, 0.15) is 38.3 Å². The van der Waals surface area contributed by atoms with Crippen molar-refractivity contribution in [1.82, 2.24) is 10.2 Å². The summed E-state index contributed by atoms with van der Waals surface area (Å²) in [6.45, 7) is 8.42. The van der Waals surface area contributed by atoms with Gasteiger partial charge in [-0.05, 0) is 49.1 Å². The van der Waals surface area contributed by atoms with Gasteiger partial charge in [-0.25, -0.2) is 4.39 Å². The van der Waals surface area contributed by atoms with E-state index in [0.717, 1.165) is 11.1 Å². The van der Waals surface area contributed by atoms with Gasteiger partial charge in [0.15, 0.2) is 6.61 Å². The van der Waals surface area contributed by atoms with E-state index in [0.29, 0.717) is 24.6 Å². The van der Waals surface area contributed by atoms with Crippen LogP contribution in [-0.2, 0) is 16.1 Å². The lowest BCUT2D eigenvalue weighted by molar-refractivity contribution is -0.143. The quantitative estimate of drug-likeness (QED) is 0.637. The molecule has 0 fully saturated rings. The molecule has 0 radical (unpaired) electrons. The maximum Gasteiger partial charge on any atom is 0.261 e. The number of nitrogens with zero attached hydrogens (tertiary/aromatic N) is 1. The van der Waals surface area contributed by atoms with E-state index in [1.807, 2.05) is 39.8 Å². The fraction of sp³-hybridized carbons (Fsp3) is 0.417. The van der Waals surface area contributed by atoms with Crippen LogP contribution in [0.3, 0.4) is 0 Å². The number of aryl methyl sites for hydroxylation is 1. The minimum atomic E-state index is -0.636. The number of hydrogen-bond donors (Lipinski definition) is 1. The molecule has 0 aromatic heterocycles. The number of benzene rings is 2. The molecule has 2 aromatic carbocycles. The molecule has 0 spiro atoms. The molecule has 0 heterocycles. The standard InChI is InChI=1S/C24H31FN2O3/c1-5-22(24(29)26-14-17(2)3)27(15-19-8-10-20(25)11-9-19)23(28)16-30-21-12-6-18(4)7-13-21/h6-13,17,22H,5,14-16H2,1-4H3,(H,26,29)/t22-/m1/s1. The summed E-state index contributed by atoms with van der Waals surface area (Å²) >= 11 is 0. The molecule has 6 heteroatoms. The molecule has 2 aromatic rings. The Balaban J connectivity index is 2.17. The van der Waals surface area contributed by atoms with Gasteiger partial charge in [-0.15, -0.1) is 0 Å². The van der Waals surface area contributed by atoms with Crippen molar-refractivity contribution in [2.75, 3.05) is 13.2 Å². The maximum atomic E-state index is 13.3. The highest BCUT2D eigenvalue weighted by Crippen LogP contribution is 2.15. The van der Waals surface area contributed by atoms with E-state index in [1.165, 1.54) is 17.0 Å². The van der Waals surface area contributed by atoms with Gasteiger partial charge in [-0.3, -0.25) is 9.59 Å². The van der Waals surface area contributed by atoms with Gasteiger partial charge in [0.25, 0.3) is 5.91 Å². The molecule has 0 aliphatic carbocycles. The fourth-order valence-corrected chi connectivity index (χ4v) is 2.99. The van der Waals surface area contributed by atoms with Gasteiger partial charge in [0.1, 0.15) is 17.6 Å².